The van der Waals surface area contributed by atoms with Crippen LogP contribution in [0.5, 0.6) is 0 Å². The molecule has 120 valence electrons. The molecule has 0 saturated carbocycles. The quantitative estimate of drug-likeness (QED) is 0.860. The summed E-state index contributed by atoms with van der Waals surface area (Å²) in [6.45, 7) is 11.2. The van der Waals surface area contributed by atoms with E-state index in [-0.39, 0.29) is 17.1 Å². The highest BCUT2D eigenvalue weighted by atomic mass is 16.2. The second-order valence-electron chi connectivity index (χ2n) is 7.11. The van der Waals surface area contributed by atoms with E-state index in [1.165, 1.54) is 0 Å². The first-order chi connectivity index (χ1) is 10.3. The Hall–Kier alpha value is -1.68. The number of hydrogen-bond acceptors (Lipinski definition) is 3. The molecular weight excluding hydrogens is 276 g/mol. The van der Waals surface area contributed by atoms with Gasteiger partial charge in [0.1, 0.15) is 0 Å². The molecule has 0 atom stereocenters. The van der Waals surface area contributed by atoms with Gasteiger partial charge in [-0.3, -0.25) is 14.5 Å². The SMILES string of the molecule is Cc1ccc(C(=O)N2CCN(CC(=O)C(C)(C)C)CC2)cc1. The van der Waals surface area contributed by atoms with Gasteiger partial charge in [0.2, 0.25) is 0 Å². The molecule has 0 bridgehead atoms. The highest BCUT2D eigenvalue weighted by molar-refractivity contribution is 5.94. The molecule has 0 aromatic heterocycles. The number of piperazine rings is 1. The Labute approximate surface area is 133 Å². The van der Waals surface area contributed by atoms with E-state index >= 15 is 0 Å². The van der Waals surface area contributed by atoms with E-state index in [2.05, 4.69) is 4.90 Å². The molecule has 4 heteroatoms. The molecular formula is C18H26N2O2. The molecule has 0 N–H and O–H groups in total. The van der Waals surface area contributed by atoms with Gasteiger partial charge in [-0.15, -0.1) is 0 Å². The van der Waals surface area contributed by atoms with Gasteiger partial charge in [0.05, 0.1) is 6.54 Å². The molecule has 0 spiro atoms. The molecule has 0 radical (unpaired) electrons. The van der Waals surface area contributed by atoms with Gasteiger partial charge in [-0.05, 0) is 19.1 Å². The van der Waals surface area contributed by atoms with Gasteiger partial charge in [-0.25, -0.2) is 0 Å². The highest BCUT2D eigenvalue weighted by Crippen LogP contribution is 2.16. The summed E-state index contributed by atoms with van der Waals surface area (Å²) in [6.07, 6.45) is 0. The van der Waals surface area contributed by atoms with Gasteiger partial charge in [0.25, 0.3) is 5.91 Å². The monoisotopic (exact) mass is 302 g/mol. The van der Waals surface area contributed by atoms with Crippen LogP contribution >= 0.6 is 0 Å². The maximum absolute atomic E-state index is 12.4. The average molecular weight is 302 g/mol. The maximum Gasteiger partial charge on any atom is 0.253 e. The van der Waals surface area contributed by atoms with Crippen LogP contribution < -0.4 is 0 Å². The third-order valence-electron chi connectivity index (χ3n) is 4.16. The van der Waals surface area contributed by atoms with E-state index in [4.69, 9.17) is 0 Å². The summed E-state index contributed by atoms with van der Waals surface area (Å²) >= 11 is 0. The van der Waals surface area contributed by atoms with E-state index in [9.17, 15) is 9.59 Å². The summed E-state index contributed by atoms with van der Waals surface area (Å²) in [5.41, 5.74) is 1.60. The molecule has 1 aromatic rings. The van der Waals surface area contributed by atoms with Gasteiger partial charge < -0.3 is 4.90 Å². The summed E-state index contributed by atoms with van der Waals surface area (Å²) in [4.78, 5) is 28.5. The Morgan fingerprint density at radius 3 is 2.05 bits per heavy atom. The van der Waals surface area contributed by atoms with Crippen molar-refractivity contribution < 1.29 is 9.59 Å². The van der Waals surface area contributed by atoms with Crippen LogP contribution in [0.4, 0.5) is 0 Å². The Morgan fingerprint density at radius 1 is 1.00 bits per heavy atom. The summed E-state index contributed by atoms with van der Waals surface area (Å²) in [7, 11) is 0. The second-order valence-corrected chi connectivity index (χ2v) is 7.11. The second kappa shape index (κ2) is 6.61. The maximum atomic E-state index is 12.4. The fourth-order valence-corrected chi connectivity index (χ4v) is 2.43. The zero-order chi connectivity index (χ0) is 16.3. The molecule has 1 aromatic carbocycles. The van der Waals surface area contributed by atoms with Crippen molar-refractivity contribution in [2.45, 2.75) is 27.7 Å². The van der Waals surface area contributed by atoms with Crippen molar-refractivity contribution >= 4 is 11.7 Å². The topological polar surface area (TPSA) is 40.6 Å². The number of ketones is 1. The number of nitrogens with zero attached hydrogens (tertiary/aromatic N) is 2. The minimum Gasteiger partial charge on any atom is -0.336 e. The number of benzene rings is 1. The zero-order valence-electron chi connectivity index (χ0n) is 14.1. The molecule has 1 saturated heterocycles. The predicted octanol–water partition coefficient (Wildman–Crippen LogP) is 2.37. The summed E-state index contributed by atoms with van der Waals surface area (Å²) in [6, 6.07) is 7.69. The summed E-state index contributed by atoms with van der Waals surface area (Å²) in [5.74, 6) is 0.340. The minimum atomic E-state index is -0.297. The minimum absolute atomic E-state index is 0.0850. The Bertz CT molecular complexity index is 535. The van der Waals surface area contributed by atoms with Crippen molar-refractivity contribution in [2.75, 3.05) is 32.7 Å². The number of carbonyl (C=O) groups excluding carboxylic acids is 2. The Morgan fingerprint density at radius 2 is 1.55 bits per heavy atom. The van der Waals surface area contributed by atoms with Crippen molar-refractivity contribution in [3.8, 4) is 0 Å². The lowest BCUT2D eigenvalue weighted by molar-refractivity contribution is -0.127. The van der Waals surface area contributed by atoms with Crippen molar-refractivity contribution in [1.82, 2.24) is 9.80 Å². The van der Waals surface area contributed by atoms with Gasteiger partial charge in [-0.1, -0.05) is 38.5 Å². The summed E-state index contributed by atoms with van der Waals surface area (Å²) in [5, 5.41) is 0. The van der Waals surface area contributed by atoms with Crippen molar-refractivity contribution in [3.05, 3.63) is 35.4 Å². The molecule has 1 aliphatic heterocycles. The van der Waals surface area contributed by atoms with Crippen LogP contribution in [0.25, 0.3) is 0 Å². The van der Waals surface area contributed by atoms with Crippen molar-refractivity contribution in [3.63, 3.8) is 0 Å². The van der Waals surface area contributed by atoms with Crippen LogP contribution in [0.2, 0.25) is 0 Å². The van der Waals surface area contributed by atoms with Crippen LogP contribution in [0.15, 0.2) is 24.3 Å². The van der Waals surface area contributed by atoms with Gasteiger partial charge in [0, 0.05) is 37.2 Å². The molecule has 4 nitrogen and oxygen atoms in total. The number of hydrogen-bond donors (Lipinski definition) is 0. The first-order valence-electron chi connectivity index (χ1n) is 7.89. The van der Waals surface area contributed by atoms with E-state index in [1.54, 1.807) is 0 Å². The molecule has 0 aliphatic carbocycles. The molecule has 0 unspecified atom stereocenters. The van der Waals surface area contributed by atoms with E-state index in [1.807, 2.05) is 56.9 Å². The van der Waals surface area contributed by atoms with Gasteiger partial charge >= 0.3 is 0 Å². The number of aryl methyl sites for hydroxylation is 1. The van der Waals surface area contributed by atoms with Crippen LogP contribution in [-0.4, -0.2) is 54.2 Å². The third-order valence-corrected chi connectivity index (χ3v) is 4.16. The zero-order valence-corrected chi connectivity index (χ0v) is 14.1. The Balaban J connectivity index is 1.88. The van der Waals surface area contributed by atoms with Crippen LogP contribution in [0, 0.1) is 12.3 Å². The third kappa shape index (κ3) is 4.17. The average Bonchev–Trinajstić information content (AvgIpc) is 2.47. The first-order valence-corrected chi connectivity index (χ1v) is 7.89. The van der Waals surface area contributed by atoms with Gasteiger partial charge in [0.15, 0.2) is 5.78 Å². The number of rotatable bonds is 3. The van der Waals surface area contributed by atoms with Crippen LogP contribution in [0.3, 0.4) is 0 Å². The molecule has 2 rings (SSSR count). The molecule has 1 fully saturated rings. The number of Topliss-reactive ketones (excluding diaryl/α,β-unsaturated/α-hetero) is 1. The first kappa shape index (κ1) is 16.7. The van der Waals surface area contributed by atoms with Crippen molar-refractivity contribution in [1.29, 1.82) is 0 Å². The largest absolute Gasteiger partial charge is 0.336 e. The van der Waals surface area contributed by atoms with Gasteiger partial charge in [-0.2, -0.15) is 0 Å². The molecule has 1 amide bonds. The number of amides is 1. The Kier molecular flexibility index (Phi) is 5.01. The van der Waals surface area contributed by atoms with E-state index < -0.39 is 0 Å². The normalized spacial score (nSPS) is 16.6. The van der Waals surface area contributed by atoms with E-state index in [0.717, 1.165) is 24.2 Å². The standard InChI is InChI=1S/C18H26N2O2/c1-14-5-7-15(8-6-14)17(22)20-11-9-19(10-12-20)13-16(21)18(2,3)4/h5-8H,9-13H2,1-4H3. The smallest absolute Gasteiger partial charge is 0.253 e. The fourth-order valence-electron chi connectivity index (χ4n) is 2.43. The van der Waals surface area contributed by atoms with Crippen LogP contribution in [0.1, 0.15) is 36.7 Å². The lowest BCUT2D eigenvalue weighted by atomic mass is 9.90. The molecule has 22 heavy (non-hydrogen) atoms. The predicted molar refractivity (Wildman–Crippen MR) is 88.0 cm³/mol. The molecule has 1 heterocycles. The summed E-state index contributed by atoms with van der Waals surface area (Å²) < 4.78 is 0. The highest BCUT2D eigenvalue weighted by Gasteiger charge is 2.27. The lowest BCUT2D eigenvalue weighted by Gasteiger charge is -2.35. The van der Waals surface area contributed by atoms with Crippen molar-refractivity contribution in [2.24, 2.45) is 5.41 Å². The number of carbonyl (C=O) groups is 2. The van der Waals surface area contributed by atoms with E-state index in [0.29, 0.717) is 19.6 Å². The van der Waals surface area contributed by atoms with Crippen LogP contribution in [-0.2, 0) is 4.79 Å². The fraction of sp³-hybridized carbons (Fsp3) is 0.556. The molecule has 1 aliphatic rings. The lowest BCUT2D eigenvalue weighted by Crippen LogP contribution is -2.50.